The quantitative estimate of drug-likeness (QED) is 0.282. The number of ether oxygens (including phenoxy) is 1. The summed E-state index contributed by atoms with van der Waals surface area (Å²) in [5.74, 6) is 6.04. The maximum Gasteiger partial charge on any atom is 0.244 e. The first kappa shape index (κ1) is 13.3. The monoisotopic (exact) mass is 276 g/mol. The predicted octanol–water partition coefficient (Wildman–Crippen LogP) is 1.35. The maximum atomic E-state index is 11.0. The number of thioether (sulfide) groups is 1. The lowest BCUT2D eigenvalue weighted by molar-refractivity contribution is -0.118. The lowest BCUT2D eigenvalue weighted by Crippen LogP contribution is -2.31. The molecule has 0 atom stereocenters. The minimum Gasteiger partial charge on any atom is -0.439 e. The van der Waals surface area contributed by atoms with Crippen LogP contribution in [0.1, 0.15) is 0 Å². The fourth-order valence-corrected chi connectivity index (χ4v) is 1.92. The highest BCUT2D eigenvalue weighted by Crippen LogP contribution is 2.22. The van der Waals surface area contributed by atoms with Crippen LogP contribution in [0.2, 0.25) is 0 Å². The van der Waals surface area contributed by atoms with Crippen LogP contribution in [0.15, 0.2) is 47.8 Å². The van der Waals surface area contributed by atoms with Crippen LogP contribution < -0.4 is 16.0 Å². The molecule has 0 radical (unpaired) electrons. The number of para-hydroxylation sites is 1. The Bertz CT molecular complexity index is 550. The van der Waals surface area contributed by atoms with Gasteiger partial charge in [-0.05, 0) is 12.1 Å². The molecule has 0 aliphatic carbocycles. The zero-order chi connectivity index (χ0) is 13.5. The fraction of sp³-hybridized carbons (Fsp3) is 0.0833. The van der Waals surface area contributed by atoms with Gasteiger partial charge < -0.3 is 4.74 Å². The molecule has 0 fully saturated rings. The first-order valence-electron chi connectivity index (χ1n) is 5.45. The Hall–Kier alpha value is -2.12. The van der Waals surface area contributed by atoms with Crippen LogP contribution in [0.3, 0.4) is 0 Å². The number of nitrogens with two attached hydrogens (primary N) is 1. The van der Waals surface area contributed by atoms with E-state index in [2.05, 4.69) is 15.4 Å². The van der Waals surface area contributed by atoms with E-state index < -0.39 is 0 Å². The molecular formula is C12H12N4O2S. The van der Waals surface area contributed by atoms with Gasteiger partial charge >= 0.3 is 0 Å². The topological polar surface area (TPSA) is 90.1 Å². The molecule has 2 aromatic rings. The van der Waals surface area contributed by atoms with Crippen molar-refractivity contribution in [2.24, 2.45) is 5.84 Å². The summed E-state index contributed by atoms with van der Waals surface area (Å²) in [5.41, 5.74) is 2.06. The third-order valence-electron chi connectivity index (χ3n) is 2.09. The van der Waals surface area contributed by atoms with Gasteiger partial charge in [-0.15, -0.1) is 0 Å². The second-order valence-corrected chi connectivity index (χ2v) is 4.46. The largest absolute Gasteiger partial charge is 0.439 e. The number of hydrogen-bond acceptors (Lipinski definition) is 6. The summed E-state index contributed by atoms with van der Waals surface area (Å²) in [4.78, 5) is 19.1. The van der Waals surface area contributed by atoms with Gasteiger partial charge in [-0.3, -0.25) is 10.2 Å². The van der Waals surface area contributed by atoms with Crippen LogP contribution in [0.4, 0.5) is 0 Å². The zero-order valence-electron chi connectivity index (χ0n) is 9.95. The Morgan fingerprint density at radius 3 is 2.84 bits per heavy atom. The molecule has 1 amide bonds. The van der Waals surface area contributed by atoms with Crippen LogP contribution in [0, 0.1) is 0 Å². The average molecular weight is 276 g/mol. The number of carbonyl (C=O) groups is 1. The molecule has 0 saturated heterocycles. The summed E-state index contributed by atoms with van der Waals surface area (Å²) in [5, 5.41) is 0.643. The van der Waals surface area contributed by atoms with Crippen molar-refractivity contribution < 1.29 is 9.53 Å². The number of hydrazine groups is 1. The van der Waals surface area contributed by atoms with Crippen molar-refractivity contribution in [3.05, 3.63) is 42.7 Å². The molecule has 6 nitrogen and oxygen atoms in total. The minimum absolute atomic E-state index is 0.193. The Balaban J connectivity index is 2.01. The summed E-state index contributed by atoms with van der Waals surface area (Å²) in [6.45, 7) is 0. The number of hydrogen-bond donors (Lipinski definition) is 2. The van der Waals surface area contributed by atoms with Crippen molar-refractivity contribution >= 4 is 17.7 Å². The highest BCUT2D eigenvalue weighted by Gasteiger charge is 2.04. The molecule has 98 valence electrons. The maximum absolute atomic E-state index is 11.0. The molecule has 0 unspecified atom stereocenters. The van der Waals surface area contributed by atoms with Gasteiger partial charge in [0.15, 0.2) is 0 Å². The average Bonchev–Trinajstić information content (AvgIpc) is 2.46. The lowest BCUT2D eigenvalue weighted by Gasteiger charge is -2.05. The van der Waals surface area contributed by atoms with Crippen molar-refractivity contribution in [1.82, 2.24) is 15.4 Å². The summed E-state index contributed by atoms with van der Waals surface area (Å²) in [7, 11) is 0. The van der Waals surface area contributed by atoms with Gasteiger partial charge in [-0.1, -0.05) is 30.0 Å². The second-order valence-electron chi connectivity index (χ2n) is 3.47. The Morgan fingerprint density at radius 2 is 2.11 bits per heavy atom. The van der Waals surface area contributed by atoms with Crippen molar-refractivity contribution in [2.45, 2.75) is 5.03 Å². The third kappa shape index (κ3) is 4.23. The SMILES string of the molecule is NNC(=O)CSc1cc(Oc2ccccc2)ncn1. The van der Waals surface area contributed by atoms with E-state index in [1.165, 1.54) is 18.1 Å². The van der Waals surface area contributed by atoms with E-state index in [9.17, 15) is 4.79 Å². The number of benzene rings is 1. The molecule has 1 heterocycles. The molecule has 7 heteroatoms. The Kier molecular flexibility index (Phi) is 4.71. The molecule has 0 aliphatic rings. The standard InChI is InChI=1S/C12H12N4O2S/c13-16-10(17)7-19-12-6-11(14-8-15-12)18-9-4-2-1-3-5-9/h1-6,8H,7,13H2,(H,16,17). The van der Waals surface area contributed by atoms with Gasteiger partial charge in [0, 0.05) is 6.07 Å². The molecular weight excluding hydrogens is 264 g/mol. The van der Waals surface area contributed by atoms with Gasteiger partial charge in [0.05, 0.1) is 5.75 Å². The minimum atomic E-state index is -0.269. The first-order valence-corrected chi connectivity index (χ1v) is 6.43. The lowest BCUT2D eigenvalue weighted by atomic mass is 10.3. The van der Waals surface area contributed by atoms with Gasteiger partial charge in [0.1, 0.15) is 17.1 Å². The fourth-order valence-electron chi connectivity index (χ4n) is 1.25. The van der Waals surface area contributed by atoms with Crippen molar-refractivity contribution in [3.63, 3.8) is 0 Å². The zero-order valence-corrected chi connectivity index (χ0v) is 10.8. The summed E-state index contributed by atoms with van der Waals surface area (Å²) >= 11 is 1.25. The smallest absolute Gasteiger partial charge is 0.244 e. The van der Waals surface area contributed by atoms with Crippen molar-refractivity contribution in [3.8, 4) is 11.6 Å². The molecule has 0 spiro atoms. The van der Waals surface area contributed by atoms with E-state index in [-0.39, 0.29) is 11.7 Å². The second kappa shape index (κ2) is 6.72. The third-order valence-corrected chi connectivity index (χ3v) is 3.02. The number of amides is 1. The summed E-state index contributed by atoms with van der Waals surface area (Å²) in [6, 6.07) is 11.0. The van der Waals surface area contributed by atoms with Gasteiger partial charge in [0.25, 0.3) is 0 Å². The number of aromatic nitrogens is 2. The molecule has 19 heavy (non-hydrogen) atoms. The normalized spacial score (nSPS) is 9.95. The van der Waals surface area contributed by atoms with Crippen LogP contribution in [0.5, 0.6) is 11.6 Å². The van der Waals surface area contributed by atoms with Crippen LogP contribution in [0.25, 0.3) is 0 Å². The molecule has 0 saturated carbocycles. The molecule has 0 bridgehead atoms. The molecule has 1 aromatic heterocycles. The highest BCUT2D eigenvalue weighted by atomic mass is 32.2. The molecule has 1 aromatic carbocycles. The van der Waals surface area contributed by atoms with Gasteiger partial charge in [0.2, 0.25) is 11.8 Å². The van der Waals surface area contributed by atoms with E-state index in [0.717, 1.165) is 0 Å². The molecule has 3 N–H and O–H groups in total. The number of carbonyl (C=O) groups excluding carboxylic acids is 1. The number of rotatable bonds is 5. The number of nitrogens with one attached hydrogen (secondary N) is 1. The van der Waals surface area contributed by atoms with E-state index in [1.807, 2.05) is 30.3 Å². The highest BCUT2D eigenvalue weighted by molar-refractivity contribution is 7.99. The molecule has 0 aliphatic heterocycles. The van der Waals surface area contributed by atoms with Crippen LogP contribution in [-0.4, -0.2) is 21.6 Å². The summed E-state index contributed by atoms with van der Waals surface area (Å²) in [6.07, 6.45) is 1.39. The van der Waals surface area contributed by atoms with Crippen LogP contribution in [-0.2, 0) is 4.79 Å². The summed E-state index contributed by atoms with van der Waals surface area (Å²) < 4.78 is 5.56. The van der Waals surface area contributed by atoms with E-state index in [0.29, 0.717) is 16.7 Å². The van der Waals surface area contributed by atoms with Crippen molar-refractivity contribution in [1.29, 1.82) is 0 Å². The van der Waals surface area contributed by atoms with Gasteiger partial charge in [-0.2, -0.15) is 0 Å². The predicted molar refractivity (Wildman–Crippen MR) is 71.6 cm³/mol. The van der Waals surface area contributed by atoms with E-state index >= 15 is 0 Å². The Labute approximate surface area is 114 Å². The number of nitrogens with zero attached hydrogens (tertiary/aromatic N) is 2. The first-order chi connectivity index (χ1) is 9.28. The van der Waals surface area contributed by atoms with E-state index in [4.69, 9.17) is 10.6 Å². The molecule has 2 rings (SSSR count). The Morgan fingerprint density at radius 1 is 1.32 bits per heavy atom. The van der Waals surface area contributed by atoms with E-state index in [1.54, 1.807) is 6.07 Å². The van der Waals surface area contributed by atoms with Crippen molar-refractivity contribution in [2.75, 3.05) is 5.75 Å². The van der Waals surface area contributed by atoms with Crippen LogP contribution >= 0.6 is 11.8 Å². The van der Waals surface area contributed by atoms with Gasteiger partial charge in [-0.25, -0.2) is 15.8 Å².